The second-order valence-corrected chi connectivity index (χ2v) is 11.9. The summed E-state index contributed by atoms with van der Waals surface area (Å²) in [5, 5.41) is 3.94. The molecule has 40 heavy (non-hydrogen) atoms. The Morgan fingerprint density at radius 2 is 1.65 bits per heavy atom. The van der Waals surface area contributed by atoms with Gasteiger partial charge in [-0.15, -0.1) is 0 Å². The molecule has 5 rings (SSSR count). The van der Waals surface area contributed by atoms with Gasteiger partial charge in [-0.2, -0.15) is 0 Å². The average molecular weight is 582 g/mol. The molecular formula is C28H31N5O5S2. The van der Waals surface area contributed by atoms with Crippen molar-refractivity contribution in [2.75, 3.05) is 63.1 Å². The lowest BCUT2D eigenvalue weighted by atomic mass is 10.1. The van der Waals surface area contributed by atoms with Crippen molar-refractivity contribution < 1.29 is 22.7 Å². The summed E-state index contributed by atoms with van der Waals surface area (Å²) >= 11 is 1.66. The zero-order valence-corrected chi connectivity index (χ0v) is 23.9. The molecule has 2 N–H and O–H groups in total. The third kappa shape index (κ3) is 6.30. The first-order valence-electron chi connectivity index (χ1n) is 12.8. The van der Waals surface area contributed by atoms with Crippen LogP contribution in [-0.4, -0.2) is 77.7 Å². The van der Waals surface area contributed by atoms with Gasteiger partial charge in [-0.3, -0.25) is 14.4 Å². The van der Waals surface area contributed by atoms with Gasteiger partial charge in [-0.05, 0) is 54.6 Å². The Morgan fingerprint density at radius 1 is 0.950 bits per heavy atom. The van der Waals surface area contributed by atoms with Gasteiger partial charge in [0.2, 0.25) is 0 Å². The highest BCUT2D eigenvalue weighted by Gasteiger charge is 2.21. The molecule has 1 aliphatic heterocycles. The van der Waals surface area contributed by atoms with E-state index < -0.39 is 10.0 Å². The molecule has 0 unspecified atom stereocenters. The standard InChI is InChI=1S/C28H31N5O5S2/c1-37-20-7-10-22(11-8-20)40(35,36)31-24-6-4-3-5-23(24)27(34)29-13-14-32-15-17-33(18-16-32)28-30-25-12-9-21(38-2)19-26(25)39-28/h3-12,19,31H,13-18H2,1-2H3,(H,29,34). The number of nitrogens with zero attached hydrogens (tertiary/aromatic N) is 3. The molecule has 0 aliphatic carbocycles. The van der Waals surface area contributed by atoms with E-state index >= 15 is 0 Å². The molecule has 0 saturated carbocycles. The lowest BCUT2D eigenvalue weighted by Crippen LogP contribution is -2.48. The maximum Gasteiger partial charge on any atom is 0.261 e. The first-order chi connectivity index (χ1) is 19.4. The topological polar surface area (TPSA) is 113 Å². The van der Waals surface area contributed by atoms with Crippen molar-refractivity contribution in [2.24, 2.45) is 0 Å². The number of benzene rings is 3. The van der Waals surface area contributed by atoms with E-state index in [0.29, 0.717) is 18.8 Å². The number of rotatable bonds is 10. The second kappa shape index (κ2) is 12.1. The molecule has 3 aromatic carbocycles. The van der Waals surface area contributed by atoms with Gasteiger partial charge in [-0.25, -0.2) is 13.4 Å². The van der Waals surface area contributed by atoms with Crippen molar-refractivity contribution in [1.29, 1.82) is 0 Å². The van der Waals surface area contributed by atoms with Crippen LogP contribution in [0.15, 0.2) is 71.6 Å². The molecule has 210 valence electrons. The van der Waals surface area contributed by atoms with E-state index in [2.05, 4.69) is 19.8 Å². The van der Waals surface area contributed by atoms with Gasteiger partial charge in [0.15, 0.2) is 5.13 Å². The molecule has 0 bridgehead atoms. The number of sulfonamides is 1. The number of carbonyl (C=O) groups excluding carboxylic acids is 1. The van der Waals surface area contributed by atoms with E-state index in [-0.39, 0.29) is 22.1 Å². The third-order valence-electron chi connectivity index (χ3n) is 6.73. The Labute approximate surface area is 237 Å². The van der Waals surface area contributed by atoms with Crippen LogP contribution in [0.3, 0.4) is 0 Å². The van der Waals surface area contributed by atoms with Crippen molar-refractivity contribution in [3.63, 3.8) is 0 Å². The lowest BCUT2D eigenvalue weighted by Gasteiger charge is -2.34. The van der Waals surface area contributed by atoms with Gasteiger partial charge in [0, 0.05) is 39.3 Å². The molecule has 12 heteroatoms. The number of anilines is 2. The fourth-order valence-corrected chi connectivity index (χ4v) is 6.59. The van der Waals surface area contributed by atoms with Gasteiger partial charge in [0.25, 0.3) is 15.9 Å². The number of ether oxygens (including phenoxy) is 2. The highest BCUT2D eigenvalue weighted by Crippen LogP contribution is 2.32. The van der Waals surface area contributed by atoms with Gasteiger partial charge in [0.05, 0.1) is 40.6 Å². The van der Waals surface area contributed by atoms with Crippen LogP contribution in [0.4, 0.5) is 10.8 Å². The predicted molar refractivity (Wildman–Crippen MR) is 157 cm³/mol. The number of thiazole rings is 1. The molecule has 10 nitrogen and oxygen atoms in total. The average Bonchev–Trinajstić information content (AvgIpc) is 3.41. The maximum atomic E-state index is 13.0. The normalized spacial score (nSPS) is 14.2. The summed E-state index contributed by atoms with van der Waals surface area (Å²) in [6, 6.07) is 18.5. The molecule has 0 radical (unpaired) electrons. The molecule has 0 atom stereocenters. The molecule has 1 aliphatic rings. The Morgan fingerprint density at radius 3 is 2.38 bits per heavy atom. The van der Waals surface area contributed by atoms with Crippen LogP contribution in [0.25, 0.3) is 10.2 Å². The van der Waals surface area contributed by atoms with Crippen molar-refractivity contribution >= 4 is 48.3 Å². The minimum atomic E-state index is -3.88. The van der Waals surface area contributed by atoms with Gasteiger partial charge in [0.1, 0.15) is 11.5 Å². The fraction of sp³-hybridized carbons (Fsp3) is 0.286. The highest BCUT2D eigenvalue weighted by atomic mass is 32.2. The number of aromatic nitrogens is 1. The van der Waals surface area contributed by atoms with E-state index in [1.165, 1.54) is 19.2 Å². The van der Waals surface area contributed by atoms with Crippen LogP contribution in [0, 0.1) is 0 Å². The zero-order chi connectivity index (χ0) is 28.1. The van der Waals surface area contributed by atoms with Crippen molar-refractivity contribution in [1.82, 2.24) is 15.2 Å². The van der Waals surface area contributed by atoms with E-state index in [1.54, 1.807) is 54.8 Å². The minimum absolute atomic E-state index is 0.0771. The molecule has 2 heterocycles. The van der Waals surface area contributed by atoms with Crippen molar-refractivity contribution in [3.8, 4) is 11.5 Å². The second-order valence-electron chi connectivity index (χ2n) is 9.24. The number of nitrogens with one attached hydrogen (secondary N) is 2. The first kappa shape index (κ1) is 27.7. The monoisotopic (exact) mass is 581 g/mol. The third-order valence-corrected chi connectivity index (χ3v) is 9.19. The number of hydrogen-bond acceptors (Lipinski definition) is 9. The molecule has 1 saturated heterocycles. The zero-order valence-electron chi connectivity index (χ0n) is 22.3. The Bertz CT molecular complexity index is 1580. The van der Waals surface area contributed by atoms with E-state index in [1.807, 2.05) is 18.2 Å². The van der Waals surface area contributed by atoms with Crippen LogP contribution < -0.4 is 24.4 Å². The molecule has 1 amide bonds. The van der Waals surface area contributed by atoms with E-state index in [9.17, 15) is 13.2 Å². The van der Waals surface area contributed by atoms with E-state index in [4.69, 9.17) is 14.5 Å². The minimum Gasteiger partial charge on any atom is -0.497 e. The van der Waals surface area contributed by atoms with Gasteiger partial charge in [-0.1, -0.05) is 23.5 Å². The number of amides is 1. The van der Waals surface area contributed by atoms with Crippen LogP contribution in [0.1, 0.15) is 10.4 Å². The maximum absolute atomic E-state index is 13.0. The molecular weight excluding hydrogens is 550 g/mol. The first-order valence-corrected chi connectivity index (χ1v) is 15.1. The quantitative estimate of drug-likeness (QED) is 0.292. The summed E-state index contributed by atoms with van der Waals surface area (Å²) in [5.74, 6) is 1.04. The van der Waals surface area contributed by atoms with Crippen molar-refractivity contribution in [3.05, 3.63) is 72.3 Å². The van der Waals surface area contributed by atoms with Crippen LogP contribution in [0.5, 0.6) is 11.5 Å². The Hall–Kier alpha value is -3.87. The number of methoxy groups -OCH3 is 2. The fourth-order valence-electron chi connectivity index (χ4n) is 4.47. The van der Waals surface area contributed by atoms with E-state index in [0.717, 1.165) is 47.3 Å². The lowest BCUT2D eigenvalue weighted by molar-refractivity contribution is 0.0948. The van der Waals surface area contributed by atoms with Gasteiger partial charge < -0.3 is 19.7 Å². The molecule has 4 aromatic rings. The van der Waals surface area contributed by atoms with Gasteiger partial charge >= 0.3 is 0 Å². The number of hydrogen-bond donors (Lipinski definition) is 2. The van der Waals surface area contributed by atoms with Crippen LogP contribution in [0.2, 0.25) is 0 Å². The van der Waals surface area contributed by atoms with Crippen molar-refractivity contribution in [2.45, 2.75) is 4.90 Å². The number of carbonyl (C=O) groups is 1. The predicted octanol–water partition coefficient (Wildman–Crippen LogP) is 3.67. The van der Waals surface area contributed by atoms with Crippen LogP contribution >= 0.6 is 11.3 Å². The smallest absolute Gasteiger partial charge is 0.261 e. The molecule has 1 fully saturated rings. The molecule has 0 spiro atoms. The molecule has 1 aromatic heterocycles. The highest BCUT2D eigenvalue weighted by molar-refractivity contribution is 7.92. The summed E-state index contributed by atoms with van der Waals surface area (Å²) in [5.41, 5.74) is 1.45. The SMILES string of the molecule is COc1ccc(S(=O)(=O)Nc2ccccc2C(=O)NCCN2CCN(c3nc4ccc(OC)cc4s3)CC2)cc1. The summed E-state index contributed by atoms with van der Waals surface area (Å²) in [4.78, 5) is 22.4. The van der Waals surface area contributed by atoms with Crippen LogP contribution in [-0.2, 0) is 10.0 Å². The summed E-state index contributed by atoms with van der Waals surface area (Å²) in [6.45, 7) is 4.54. The number of fused-ring (bicyclic) bond motifs is 1. The number of piperazine rings is 1. The Balaban J connectivity index is 1.13. The Kier molecular flexibility index (Phi) is 8.38. The summed E-state index contributed by atoms with van der Waals surface area (Å²) < 4.78 is 39.9. The summed E-state index contributed by atoms with van der Waals surface area (Å²) in [6.07, 6.45) is 0. The summed E-state index contributed by atoms with van der Waals surface area (Å²) in [7, 11) is -0.707. The number of para-hydroxylation sites is 1. The largest absolute Gasteiger partial charge is 0.497 e.